The van der Waals surface area contributed by atoms with Gasteiger partial charge >= 0.3 is 0 Å². The van der Waals surface area contributed by atoms with Crippen molar-refractivity contribution in [2.45, 2.75) is 13.5 Å². The van der Waals surface area contributed by atoms with E-state index in [1.54, 1.807) is 18.2 Å². The van der Waals surface area contributed by atoms with E-state index in [1.807, 2.05) is 37.3 Å². The van der Waals surface area contributed by atoms with E-state index in [2.05, 4.69) is 4.57 Å². The van der Waals surface area contributed by atoms with Gasteiger partial charge in [-0.1, -0.05) is 24.3 Å². The van der Waals surface area contributed by atoms with Crippen LogP contribution in [0, 0.1) is 5.82 Å². The third-order valence-electron chi connectivity index (χ3n) is 4.72. The highest BCUT2D eigenvalue weighted by Gasteiger charge is 2.17. The number of primary amides is 1. The minimum atomic E-state index is -0.529. The highest BCUT2D eigenvalue weighted by Crippen LogP contribution is 2.33. The Morgan fingerprint density at radius 1 is 1.07 bits per heavy atom. The van der Waals surface area contributed by atoms with Crippen molar-refractivity contribution in [1.29, 1.82) is 0 Å². The number of rotatable bonds is 5. The van der Waals surface area contributed by atoms with Gasteiger partial charge in [-0.3, -0.25) is 4.79 Å². The van der Waals surface area contributed by atoms with E-state index < -0.39 is 5.91 Å². The quantitative estimate of drug-likeness (QED) is 0.569. The van der Waals surface area contributed by atoms with Crippen molar-refractivity contribution in [1.82, 2.24) is 4.57 Å². The molecule has 0 atom stereocenters. The first-order valence-corrected chi connectivity index (χ1v) is 8.81. The summed E-state index contributed by atoms with van der Waals surface area (Å²) in [5.74, 6) is -0.0719. The number of aromatic nitrogens is 1. The molecule has 2 N–H and O–H groups in total. The highest BCUT2D eigenvalue weighted by atomic mass is 19.1. The number of halogens is 1. The zero-order valence-corrected chi connectivity index (χ0v) is 14.9. The van der Waals surface area contributed by atoms with Crippen LogP contribution in [0.2, 0.25) is 0 Å². The van der Waals surface area contributed by atoms with Crippen LogP contribution in [0.4, 0.5) is 4.39 Å². The number of hydrogen-bond donors (Lipinski definition) is 1. The van der Waals surface area contributed by atoms with Crippen molar-refractivity contribution in [2.75, 3.05) is 6.61 Å². The topological polar surface area (TPSA) is 57.2 Å². The van der Waals surface area contributed by atoms with Crippen molar-refractivity contribution < 1.29 is 13.9 Å². The summed E-state index contributed by atoms with van der Waals surface area (Å²) < 4.78 is 21.8. The molecule has 0 aliphatic heterocycles. The summed E-state index contributed by atoms with van der Waals surface area (Å²) in [7, 11) is 0. The molecular weight excluding hydrogens is 343 g/mol. The van der Waals surface area contributed by atoms with E-state index >= 15 is 0 Å². The number of carbonyl (C=O) groups excluding carboxylic acids is 1. The summed E-state index contributed by atoms with van der Waals surface area (Å²) >= 11 is 0. The number of para-hydroxylation sites is 1. The third kappa shape index (κ3) is 2.91. The Bertz CT molecular complexity index is 1160. The molecule has 0 radical (unpaired) electrons. The van der Waals surface area contributed by atoms with Crippen LogP contribution in [-0.2, 0) is 6.54 Å². The number of hydrogen-bond acceptors (Lipinski definition) is 2. The van der Waals surface area contributed by atoms with Gasteiger partial charge < -0.3 is 15.0 Å². The van der Waals surface area contributed by atoms with Crippen LogP contribution in [-0.4, -0.2) is 17.1 Å². The Balaban J connectivity index is 2.00. The van der Waals surface area contributed by atoms with Gasteiger partial charge in [-0.15, -0.1) is 0 Å². The molecule has 0 unspecified atom stereocenters. The van der Waals surface area contributed by atoms with Crippen molar-refractivity contribution >= 4 is 27.7 Å². The molecular formula is C22H19FN2O2. The number of ether oxygens (including phenoxy) is 1. The highest BCUT2D eigenvalue weighted by molar-refractivity contribution is 6.17. The van der Waals surface area contributed by atoms with Crippen molar-refractivity contribution in [2.24, 2.45) is 5.73 Å². The van der Waals surface area contributed by atoms with Crippen LogP contribution in [0.1, 0.15) is 22.8 Å². The third-order valence-corrected chi connectivity index (χ3v) is 4.72. The molecule has 1 aromatic heterocycles. The molecule has 0 fully saturated rings. The Labute approximate surface area is 156 Å². The van der Waals surface area contributed by atoms with Crippen LogP contribution in [0.25, 0.3) is 21.8 Å². The second-order valence-electron chi connectivity index (χ2n) is 6.35. The number of benzene rings is 3. The van der Waals surface area contributed by atoms with Gasteiger partial charge in [0.05, 0.1) is 18.7 Å². The lowest BCUT2D eigenvalue weighted by Gasteiger charge is -2.13. The second kappa shape index (κ2) is 6.76. The molecule has 3 aromatic carbocycles. The molecule has 0 bridgehead atoms. The molecule has 0 spiro atoms. The predicted octanol–water partition coefficient (Wildman–Crippen LogP) is 4.48. The van der Waals surface area contributed by atoms with Crippen LogP contribution >= 0.6 is 0 Å². The lowest BCUT2D eigenvalue weighted by Crippen LogP contribution is -2.11. The molecule has 1 heterocycles. The fourth-order valence-electron chi connectivity index (χ4n) is 3.60. The van der Waals surface area contributed by atoms with E-state index in [9.17, 15) is 9.18 Å². The summed E-state index contributed by atoms with van der Waals surface area (Å²) in [6.45, 7) is 3.05. The van der Waals surface area contributed by atoms with E-state index in [0.717, 1.165) is 22.3 Å². The van der Waals surface area contributed by atoms with Crippen LogP contribution in [0.3, 0.4) is 0 Å². The summed E-state index contributed by atoms with van der Waals surface area (Å²) in [5, 5.41) is 1.35. The number of nitrogens with zero attached hydrogens (tertiary/aromatic N) is 1. The maximum Gasteiger partial charge on any atom is 0.249 e. The SMILES string of the molecule is CCOc1ccccc1Cn1c2ccc(F)cc2c2c(C(N)=O)cccc21. The normalized spacial score (nSPS) is 11.2. The van der Waals surface area contributed by atoms with E-state index in [-0.39, 0.29) is 5.82 Å². The van der Waals surface area contributed by atoms with E-state index in [1.165, 1.54) is 12.1 Å². The van der Waals surface area contributed by atoms with Gasteiger partial charge in [-0.2, -0.15) is 0 Å². The predicted molar refractivity (Wildman–Crippen MR) is 105 cm³/mol. The minimum absolute atomic E-state index is 0.351. The number of amides is 1. The average molecular weight is 362 g/mol. The Kier molecular flexibility index (Phi) is 4.28. The first-order chi connectivity index (χ1) is 13.1. The average Bonchev–Trinajstić information content (AvgIpc) is 2.96. The van der Waals surface area contributed by atoms with Crippen molar-refractivity contribution in [3.05, 3.63) is 77.6 Å². The number of nitrogens with two attached hydrogens (primary N) is 1. The van der Waals surface area contributed by atoms with Gasteiger partial charge in [-0.05, 0) is 43.3 Å². The minimum Gasteiger partial charge on any atom is -0.494 e. The largest absolute Gasteiger partial charge is 0.494 e. The van der Waals surface area contributed by atoms with E-state index in [4.69, 9.17) is 10.5 Å². The zero-order chi connectivity index (χ0) is 19.0. The van der Waals surface area contributed by atoms with Crippen molar-refractivity contribution in [3.63, 3.8) is 0 Å². The maximum absolute atomic E-state index is 14.0. The van der Waals surface area contributed by atoms with Gasteiger partial charge in [0.2, 0.25) is 5.91 Å². The Hall–Kier alpha value is -3.34. The Morgan fingerprint density at radius 2 is 1.89 bits per heavy atom. The van der Waals surface area contributed by atoms with Crippen molar-refractivity contribution in [3.8, 4) is 5.75 Å². The molecule has 1 amide bonds. The van der Waals surface area contributed by atoms with Gasteiger partial charge in [0, 0.05) is 27.4 Å². The lowest BCUT2D eigenvalue weighted by molar-refractivity contribution is 0.100. The van der Waals surface area contributed by atoms with Crippen LogP contribution in [0.5, 0.6) is 5.75 Å². The van der Waals surface area contributed by atoms with Gasteiger partial charge in [-0.25, -0.2) is 4.39 Å². The lowest BCUT2D eigenvalue weighted by atomic mass is 10.1. The molecule has 0 saturated carbocycles. The number of carbonyl (C=O) groups is 1. The van der Waals surface area contributed by atoms with Gasteiger partial charge in [0.25, 0.3) is 0 Å². The van der Waals surface area contributed by atoms with Crippen LogP contribution in [0.15, 0.2) is 60.7 Å². The number of fused-ring (bicyclic) bond motifs is 3. The molecule has 0 aliphatic carbocycles. The van der Waals surface area contributed by atoms with Gasteiger partial charge in [0.1, 0.15) is 11.6 Å². The maximum atomic E-state index is 14.0. The first-order valence-electron chi connectivity index (χ1n) is 8.81. The zero-order valence-electron chi connectivity index (χ0n) is 14.9. The molecule has 4 aromatic rings. The fourth-order valence-corrected chi connectivity index (χ4v) is 3.60. The summed E-state index contributed by atoms with van der Waals surface area (Å²) in [6.07, 6.45) is 0. The van der Waals surface area contributed by atoms with Crippen LogP contribution < -0.4 is 10.5 Å². The molecule has 4 rings (SSSR count). The summed E-state index contributed by atoms with van der Waals surface area (Å²) in [4.78, 5) is 11.9. The standard InChI is InChI=1S/C22H19FN2O2/c1-2-27-20-9-4-3-6-14(20)13-25-18-11-10-15(23)12-17(18)21-16(22(24)26)7-5-8-19(21)25/h3-12H,2,13H2,1H3,(H2,24,26). The second-order valence-corrected chi connectivity index (χ2v) is 6.35. The molecule has 4 nitrogen and oxygen atoms in total. The molecule has 0 saturated heterocycles. The monoisotopic (exact) mass is 362 g/mol. The smallest absolute Gasteiger partial charge is 0.249 e. The molecule has 136 valence electrons. The molecule has 27 heavy (non-hydrogen) atoms. The first kappa shape index (κ1) is 17.1. The summed E-state index contributed by atoms with van der Waals surface area (Å²) in [6, 6.07) is 17.8. The van der Waals surface area contributed by atoms with E-state index in [0.29, 0.717) is 29.5 Å². The fraction of sp³-hybridized carbons (Fsp3) is 0.136. The molecule has 5 heteroatoms. The summed E-state index contributed by atoms with van der Waals surface area (Å²) in [5.41, 5.74) is 8.64. The Morgan fingerprint density at radius 3 is 2.67 bits per heavy atom. The molecule has 0 aliphatic rings. The van der Waals surface area contributed by atoms with Gasteiger partial charge in [0.15, 0.2) is 0 Å².